The van der Waals surface area contributed by atoms with Gasteiger partial charge in [0, 0.05) is 19.3 Å². The van der Waals surface area contributed by atoms with Gasteiger partial charge in [-0.2, -0.15) is 0 Å². The summed E-state index contributed by atoms with van der Waals surface area (Å²) in [7, 11) is 0. The molecule has 0 N–H and O–H groups in total. The highest BCUT2D eigenvalue weighted by Crippen LogP contribution is 2.15. The zero-order valence-corrected chi connectivity index (χ0v) is 41.1. The number of ether oxygens (including phenoxy) is 3. The van der Waals surface area contributed by atoms with E-state index in [0.717, 1.165) is 89.9 Å². The van der Waals surface area contributed by atoms with Crippen LogP contribution in [-0.2, 0) is 28.6 Å². The average Bonchev–Trinajstić information content (AvgIpc) is 3.27. The summed E-state index contributed by atoms with van der Waals surface area (Å²) in [6.07, 6.45) is 60.9. The van der Waals surface area contributed by atoms with Crippen LogP contribution in [0.3, 0.4) is 0 Å². The third kappa shape index (κ3) is 48.4. The predicted molar refractivity (Wildman–Crippen MR) is 265 cm³/mol. The highest BCUT2D eigenvalue weighted by atomic mass is 16.6. The van der Waals surface area contributed by atoms with Crippen molar-refractivity contribution in [1.29, 1.82) is 0 Å². The zero-order chi connectivity index (χ0) is 45.1. The predicted octanol–water partition coefficient (Wildman–Crippen LogP) is 17.5. The van der Waals surface area contributed by atoms with Crippen molar-refractivity contribution >= 4 is 17.9 Å². The molecule has 62 heavy (non-hydrogen) atoms. The SMILES string of the molecule is CCCCC/C=C\C=C/CCCCCCCCC(=O)OC(COC(=O)CCCCCCC/C=C\C=C/CCCCCCCCC)COC(=O)CCCCCCCCCCCCC. The normalized spacial score (nSPS) is 12.4. The fourth-order valence-electron chi connectivity index (χ4n) is 7.54. The third-order valence-electron chi connectivity index (χ3n) is 11.6. The van der Waals surface area contributed by atoms with Crippen molar-refractivity contribution in [2.45, 2.75) is 277 Å². The summed E-state index contributed by atoms with van der Waals surface area (Å²) in [5, 5.41) is 0. The van der Waals surface area contributed by atoms with Gasteiger partial charge in [-0.3, -0.25) is 14.4 Å². The number of rotatable bonds is 48. The van der Waals surface area contributed by atoms with Gasteiger partial charge in [-0.15, -0.1) is 0 Å². The van der Waals surface area contributed by atoms with E-state index in [1.807, 2.05) is 0 Å². The number of allylic oxidation sites excluding steroid dienone is 8. The molecular weight excluding hydrogens is 769 g/mol. The van der Waals surface area contributed by atoms with E-state index in [4.69, 9.17) is 14.2 Å². The average molecular weight is 869 g/mol. The minimum Gasteiger partial charge on any atom is -0.462 e. The first-order valence-corrected chi connectivity index (χ1v) is 26.7. The highest BCUT2D eigenvalue weighted by molar-refractivity contribution is 5.71. The van der Waals surface area contributed by atoms with Gasteiger partial charge in [0.1, 0.15) is 13.2 Å². The molecule has 1 unspecified atom stereocenters. The minimum atomic E-state index is -0.782. The van der Waals surface area contributed by atoms with Gasteiger partial charge in [-0.25, -0.2) is 0 Å². The maximum atomic E-state index is 12.8. The maximum Gasteiger partial charge on any atom is 0.306 e. The second-order valence-corrected chi connectivity index (χ2v) is 17.8. The number of carbonyl (C=O) groups is 3. The molecule has 0 saturated heterocycles. The summed E-state index contributed by atoms with van der Waals surface area (Å²) in [5.74, 6) is -0.901. The topological polar surface area (TPSA) is 78.9 Å². The molecule has 6 nitrogen and oxygen atoms in total. The molecule has 0 aliphatic rings. The van der Waals surface area contributed by atoms with Gasteiger partial charge in [-0.05, 0) is 70.6 Å². The molecule has 1 atom stereocenters. The Morgan fingerprint density at radius 3 is 0.887 bits per heavy atom. The second kappa shape index (κ2) is 51.0. The van der Waals surface area contributed by atoms with Gasteiger partial charge >= 0.3 is 17.9 Å². The fourth-order valence-corrected chi connectivity index (χ4v) is 7.54. The molecule has 0 rings (SSSR count). The molecule has 0 aliphatic heterocycles. The lowest BCUT2D eigenvalue weighted by atomic mass is 10.1. The van der Waals surface area contributed by atoms with Crippen LogP contribution in [0.5, 0.6) is 0 Å². The fraction of sp³-hybridized carbons (Fsp3) is 0.804. The van der Waals surface area contributed by atoms with Crippen molar-refractivity contribution in [3.05, 3.63) is 48.6 Å². The quantitative estimate of drug-likeness (QED) is 0.0262. The maximum absolute atomic E-state index is 12.8. The van der Waals surface area contributed by atoms with Crippen LogP contribution in [-0.4, -0.2) is 37.2 Å². The highest BCUT2D eigenvalue weighted by Gasteiger charge is 2.19. The molecule has 6 heteroatoms. The first-order chi connectivity index (χ1) is 30.5. The van der Waals surface area contributed by atoms with Gasteiger partial charge in [0.15, 0.2) is 6.10 Å². The van der Waals surface area contributed by atoms with Crippen LogP contribution in [0, 0.1) is 0 Å². The Balaban J connectivity index is 4.38. The number of unbranched alkanes of at least 4 members (excludes halogenated alkanes) is 31. The Morgan fingerprint density at radius 1 is 0.323 bits per heavy atom. The summed E-state index contributed by atoms with van der Waals surface area (Å²) in [5.41, 5.74) is 0. The molecule has 0 heterocycles. The molecule has 0 amide bonds. The molecule has 0 spiro atoms. The molecule has 360 valence electrons. The molecule has 0 bridgehead atoms. The van der Waals surface area contributed by atoms with Gasteiger partial charge in [-0.1, -0.05) is 230 Å². The zero-order valence-electron chi connectivity index (χ0n) is 41.1. The smallest absolute Gasteiger partial charge is 0.306 e. The second-order valence-electron chi connectivity index (χ2n) is 17.8. The summed E-state index contributed by atoms with van der Waals surface area (Å²) in [4.78, 5) is 38.0. The minimum absolute atomic E-state index is 0.0809. The first kappa shape index (κ1) is 59.4. The Kier molecular flexibility index (Phi) is 48.8. The molecule has 0 aromatic rings. The first-order valence-electron chi connectivity index (χ1n) is 26.7. The van der Waals surface area contributed by atoms with E-state index in [0.29, 0.717) is 19.3 Å². The van der Waals surface area contributed by atoms with E-state index in [-0.39, 0.29) is 31.1 Å². The van der Waals surface area contributed by atoms with Gasteiger partial charge < -0.3 is 14.2 Å². The van der Waals surface area contributed by atoms with Crippen LogP contribution in [0.2, 0.25) is 0 Å². The van der Waals surface area contributed by atoms with Crippen molar-refractivity contribution < 1.29 is 28.6 Å². The molecule has 0 aliphatic carbocycles. The molecule has 0 aromatic carbocycles. The van der Waals surface area contributed by atoms with Crippen molar-refractivity contribution in [2.24, 2.45) is 0 Å². The van der Waals surface area contributed by atoms with E-state index in [9.17, 15) is 14.4 Å². The van der Waals surface area contributed by atoms with E-state index in [1.54, 1.807) is 0 Å². The number of carbonyl (C=O) groups excluding carboxylic acids is 3. The number of hydrogen-bond donors (Lipinski definition) is 0. The van der Waals surface area contributed by atoms with Crippen LogP contribution < -0.4 is 0 Å². The van der Waals surface area contributed by atoms with Crippen molar-refractivity contribution in [3.8, 4) is 0 Å². The van der Waals surface area contributed by atoms with E-state index in [2.05, 4.69) is 69.4 Å². The molecule has 0 fully saturated rings. The van der Waals surface area contributed by atoms with Crippen LogP contribution in [0.1, 0.15) is 271 Å². The van der Waals surface area contributed by atoms with E-state index < -0.39 is 6.10 Å². The Labute approximate surface area is 384 Å². The Hall–Kier alpha value is -2.63. The van der Waals surface area contributed by atoms with Crippen molar-refractivity contribution in [1.82, 2.24) is 0 Å². The summed E-state index contributed by atoms with van der Waals surface area (Å²) in [6, 6.07) is 0. The van der Waals surface area contributed by atoms with Crippen LogP contribution in [0.25, 0.3) is 0 Å². The summed E-state index contributed by atoms with van der Waals surface area (Å²) < 4.78 is 16.8. The van der Waals surface area contributed by atoms with Crippen LogP contribution in [0.15, 0.2) is 48.6 Å². The number of esters is 3. The number of hydrogen-bond acceptors (Lipinski definition) is 6. The lowest BCUT2D eigenvalue weighted by molar-refractivity contribution is -0.167. The van der Waals surface area contributed by atoms with Crippen LogP contribution in [0.4, 0.5) is 0 Å². The molecule has 0 radical (unpaired) electrons. The third-order valence-corrected chi connectivity index (χ3v) is 11.6. The van der Waals surface area contributed by atoms with Crippen molar-refractivity contribution in [3.63, 3.8) is 0 Å². The summed E-state index contributed by atoms with van der Waals surface area (Å²) >= 11 is 0. The molecule has 0 aromatic heterocycles. The Bertz CT molecular complexity index is 1090. The van der Waals surface area contributed by atoms with Crippen LogP contribution >= 0.6 is 0 Å². The largest absolute Gasteiger partial charge is 0.462 e. The van der Waals surface area contributed by atoms with Gasteiger partial charge in [0.25, 0.3) is 0 Å². The monoisotopic (exact) mass is 869 g/mol. The lowest BCUT2D eigenvalue weighted by Gasteiger charge is -2.18. The standard InChI is InChI=1S/C56H100O6/c1-4-7-10-13-16-19-22-24-26-27-28-30-31-34-37-40-43-46-49-55(58)61-52-53(51-60-54(57)48-45-42-39-36-33-21-18-15-12-9-6-3)62-56(59)50-47-44-41-38-35-32-29-25-23-20-17-14-11-8-5-2/h17,20,23,25-28,30,53H,4-16,18-19,21-22,24,29,31-52H2,1-3H3/b20-17-,25-23-,27-26-,30-28-. The van der Waals surface area contributed by atoms with E-state index in [1.165, 1.54) is 141 Å². The van der Waals surface area contributed by atoms with E-state index >= 15 is 0 Å². The lowest BCUT2D eigenvalue weighted by Crippen LogP contribution is -2.30. The molecule has 0 saturated carbocycles. The van der Waals surface area contributed by atoms with Gasteiger partial charge in [0.2, 0.25) is 0 Å². The van der Waals surface area contributed by atoms with Gasteiger partial charge in [0.05, 0.1) is 0 Å². The molecular formula is C56H100O6. The Morgan fingerprint density at radius 2 is 0.565 bits per heavy atom. The van der Waals surface area contributed by atoms with Crippen molar-refractivity contribution in [2.75, 3.05) is 13.2 Å². The summed E-state index contributed by atoms with van der Waals surface area (Å²) in [6.45, 7) is 6.59.